The molecule has 158 valence electrons. The normalized spacial score (nSPS) is 11.0. The van der Waals surface area contributed by atoms with Crippen molar-refractivity contribution in [1.82, 2.24) is 14.2 Å². The Morgan fingerprint density at radius 3 is 2.53 bits per heavy atom. The van der Waals surface area contributed by atoms with Crippen LogP contribution in [0.15, 0.2) is 30.3 Å². The van der Waals surface area contributed by atoms with Gasteiger partial charge in [-0.25, -0.2) is 4.79 Å². The van der Waals surface area contributed by atoms with Crippen molar-refractivity contribution in [3.8, 4) is 11.4 Å². The number of rotatable bonds is 8. The second-order valence-electron chi connectivity index (χ2n) is 6.39. The Morgan fingerprint density at radius 2 is 1.90 bits per heavy atom. The number of hydrogen-bond donors (Lipinski definition) is 0. The summed E-state index contributed by atoms with van der Waals surface area (Å²) in [7, 11) is 0. The molecule has 0 aliphatic heterocycles. The first-order chi connectivity index (χ1) is 14.3. The number of aryl methyl sites for hydroxylation is 2. The maximum atomic E-state index is 12.6. The van der Waals surface area contributed by atoms with Crippen LogP contribution in [-0.2, 0) is 11.2 Å². The van der Waals surface area contributed by atoms with Crippen LogP contribution in [0.1, 0.15) is 44.0 Å². The van der Waals surface area contributed by atoms with E-state index in [4.69, 9.17) is 4.74 Å². The molecule has 0 aliphatic carbocycles. The van der Waals surface area contributed by atoms with Gasteiger partial charge in [0.05, 0.1) is 5.69 Å². The van der Waals surface area contributed by atoms with Crippen molar-refractivity contribution in [2.75, 3.05) is 6.61 Å². The van der Waals surface area contributed by atoms with E-state index in [2.05, 4.69) is 14.3 Å². The predicted octanol–water partition coefficient (Wildman–Crippen LogP) is 4.15. The molecule has 0 bridgehead atoms. The summed E-state index contributed by atoms with van der Waals surface area (Å²) in [6, 6.07) is 7.79. The molecule has 0 spiro atoms. The molecule has 2 heterocycles. The average molecular weight is 435 g/mol. The van der Waals surface area contributed by atoms with Crippen molar-refractivity contribution >= 4 is 23.3 Å². The first-order valence-corrected chi connectivity index (χ1v) is 9.84. The molecule has 0 aliphatic rings. The number of nitrogens with zero attached hydrogens (tertiary/aromatic N) is 3. The standard InChI is InChI=1S/C20H19F2N3O4S/c1-4-16-18(30-24-23-16)19(27)28-10-17(26)15-9-11(2)25(12(15)3)13-5-7-14(8-6-13)29-20(21)22/h5-9,20H,4,10H2,1-3H3. The van der Waals surface area contributed by atoms with Crippen LogP contribution in [0.25, 0.3) is 5.69 Å². The number of Topliss-reactive ketones (excluding diaryl/α,β-unsaturated/α-hetero) is 1. The number of ether oxygens (including phenoxy) is 2. The first kappa shape index (κ1) is 21.6. The molecule has 0 atom stereocenters. The number of carbonyl (C=O) groups is 2. The van der Waals surface area contributed by atoms with Gasteiger partial charge < -0.3 is 14.0 Å². The van der Waals surface area contributed by atoms with Gasteiger partial charge in [-0.2, -0.15) is 8.78 Å². The first-order valence-electron chi connectivity index (χ1n) is 9.07. The van der Waals surface area contributed by atoms with Crippen molar-refractivity contribution in [2.45, 2.75) is 33.8 Å². The lowest BCUT2D eigenvalue weighted by Crippen LogP contribution is -2.15. The van der Waals surface area contributed by atoms with Gasteiger partial charge in [0.2, 0.25) is 5.78 Å². The van der Waals surface area contributed by atoms with Crippen molar-refractivity contribution in [2.24, 2.45) is 0 Å². The summed E-state index contributed by atoms with van der Waals surface area (Å²) in [6.07, 6.45) is 0.539. The Morgan fingerprint density at radius 1 is 1.20 bits per heavy atom. The molecule has 0 saturated carbocycles. The van der Waals surface area contributed by atoms with Crippen LogP contribution in [0.5, 0.6) is 5.75 Å². The molecule has 0 fully saturated rings. The highest BCUT2D eigenvalue weighted by Crippen LogP contribution is 2.24. The molecule has 3 aromatic rings. The number of hydrogen-bond acceptors (Lipinski definition) is 7. The second-order valence-corrected chi connectivity index (χ2v) is 7.15. The number of halogens is 2. The summed E-state index contributed by atoms with van der Waals surface area (Å²) in [5.41, 5.74) is 3.04. The third kappa shape index (κ3) is 4.54. The lowest BCUT2D eigenvalue weighted by molar-refractivity contribution is -0.0498. The van der Waals surface area contributed by atoms with Gasteiger partial charge >= 0.3 is 12.6 Å². The lowest BCUT2D eigenvalue weighted by atomic mass is 10.1. The molecule has 10 heteroatoms. The van der Waals surface area contributed by atoms with Crippen molar-refractivity contribution in [1.29, 1.82) is 0 Å². The van der Waals surface area contributed by atoms with E-state index in [0.717, 1.165) is 17.2 Å². The minimum Gasteiger partial charge on any atom is -0.453 e. The largest absolute Gasteiger partial charge is 0.453 e. The molecular weight excluding hydrogens is 416 g/mol. The Labute approximate surface area is 175 Å². The van der Waals surface area contributed by atoms with Crippen LogP contribution in [0.3, 0.4) is 0 Å². The van der Waals surface area contributed by atoms with Crippen LogP contribution in [0, 0.1) is 13.8 Å². The zero-order valence-corrected chi connectivity index (χ0v) is 17.3. The van der Waals surface area contributed by atoms with E-state index in [0.29, 0.717) is 33.9 Å². The van der Waals surface area contributed by atoms with E-state index in [1.165, 1.54) is 12.1 Å². The van der Waals surface area contributed by atoms with Gasteiger partial charge in [-0.15, -0.1) is 5.10 Å². The van der Waals surface area contributed by atoms with Crippen LogP contribution in [0.2, 0.25) is 0 Å². The van der Waals surface area contributed by atoms with E-state index in [9.17, 15) is 18.4 Å². The molecule has 0 amide bonds. The Bertz CT molecular complexity index is 1060. The summed E-state index contributed by atoms with van der Waals surface area (Å²) in [5, 5.41) is 3.85. The van der Waals surface area contributed by atoms with Crippen LogP contribution >= 0.6 is 11.5 Å². The monoisotopic (exact) mass is 435 g/mol. The smallest absolute Gasteiger partial charge is 0.387 e. The summed E-state index contributed by atoms with van der Waals surface area (Å²) in [5.74, 6) is -0.932. The Balaban J connectivity index is 1.74. The SMILES string of the molecule is CCc1nnsc1C(=O)OCC(=O)c1cc(C)n(-c2ccc(OC(F)F)cc2)c1C. The fraction of sp³-hybridized carbons (Fsp3) is 0.300. The molecular formula is C20H19F2N3O4S. The number of aromatic nitrogens is 3. The minimum absolute atomic E-state index is 0.0448. The van der Waals surface area contributed by atoms with Gasteiger partial charge in [-0.05, 0) is 62.1 Å². The molecule has 0 unspecified atom stereocenters. The highest BCUT2D eigenvalue weighted by Gasteiger charge is 2.21. The topological polar surface area (TPSA) is 83.3 Å². The zero-order valence-electron chi connectivity index (χ0n) is 16.5. The fourth-order valence-electron chi connectivity index (χ4n) is 3.09. The molecule has 30 heavy (non-hydrogen) atoms. The summed E-state index contributed by atoms with van der Waals surface area (Å²) in [6.45, 7) is 2.11. The third-order valence-electron chi connectivity index (χ3n) is 4.46. The van der Waals surface area contributed by atoms with E-state index in [-0.39, 0.29) is 11.5 Å². The summed E-state index contributed by atoms with van der Waals surface area (Å²) >= 11 is 0.933. The fourth-order valence-corrected chi connectivity index (χ4v) is 3.73. The van der Waals surface area contributed by atoms with Crippen molar-refractivity contribution < 1.29 is 27.8 Å². The summed E-state index contributed by atoms with van der Waals surface area (Å²) < 4.78 is 39.7. The highest BCUT2D eigenvalue weighted by molar-refractivity contribution is 7.07. The maximum absolute atomic E-state index is 12.6. The molecule has 0 N–H and O–H groups in total. The molecule has 7 nitrogen and oxygen atoms in total. The van der Waals surface area contributed by atoms with Crippen molar-refractivity contribution in [3.63, 3.8) is 0 Å². The highest BCUT2D eigenvalue weighted by atomic mass is 32.1. The van der Waals surface area contributed by atoms with Gasteiger partial charge in [0, 0.05) is 22.6 Å². The van der Waals surface area contributed by atoms with Crippen LogP contribution in [-0.4, -0.2) is 39.1 Å². The average Bonchev–Trinajstić information content (AvgIpc) is 3.30. The van der Waals surface area contributed by atoms with Crippen LogP contribution in [0.4, 0.5) is 8.78 Å². The van der Waals surface area contributed by atoms with Gasteiger partial charge in [0.15, 0.2) is 11.5 Å². The number of esters is 1. The van der Waals surface area contributed by atoms with E-state index < -0.39 is 19.2 Å². The third-order valence-corrected chi connectivity index (χ3v) is 5.21. The van der Waals surface area contributed by atoms with E-state index in [1.54, 1.807) is 25.1 Å². The number of ketones is 1. The quantitative estimate of drug-likeness (QED) is 0.391. The molecule has 0 saturated heterocycles. The minimum atomic E-state index is -2.90. The predicted molar refractivity (Wildman–Crippen MR) is 106 cm³/mol. The van der Waals surface area contributed by atoms with E-state index >= 15 is 0 Å². The van der Waals surface area contributed by atoms with Crippen LogP contribution < -0.4 is 4.74 Å². The zero-order chi connectivity index (χ0) is 21.8. The number of alkyl halides is 2. The summed E-state index contributed by atoms with van der Waals surface area (Å²) in [4.78, 5) is 25.1. The molecule has 0 radical (unpaired) electrons. The van der Waals surface area contributed by atoms with Gasteiger partial charge in [-0.1, -0.05) is 11.4 Å². The van der Waals surface area contributed by atoms with Crippen molar-refractivity contribution in [3.05, 3.63) is 57.9 Å². The molecule has 3 rings (SSSR count). The second kappa shape index (κ2) is 9.12. The Kier molecular flexibility index (Phi) is 6.56. The number of carbonyl (C=O) groups excluding carboxylic acids is 2. The molecule has 1 aromatic carbocycles. The van der Waals surface area contributed by atoms with Gasteiger partial charge in [0.1, 0.15) is 5.75 Å². The van der Waals surface area contributed by atoms with Gasteiger partial charge in [-0.3, -0.25) is 4.79 Å². The Hall–Kier alpha value is -3.14. The van der Waals surface area contributed by atoms with E-state index in [1.807, 2.05) is 18.4 Å². The molecule has 2 aromatic heterocycles. The van der Waals surface area contributed by atoms with Gasteiger partial charge in [0.25, 0.3) is 0 Å². The maximum Gasteiger partial charge on any atom is 0.387 e. The number of benzene rings is 1. The lowest BCUT2D eigenvalue weighted by Gasteiger charge is -2.11.